The minimum atomic E-state index is 0.104. The van der Waals surface area contributed by atoms with Crippen LogP contribution in [0.1, 0.15) is 36.1 Å². The van der Waals surface area contributed by atoms with Crippen LogP contribution in [0.25, 0.3) is 33.2 Å². The Morgan fingerprint density at radius 2 is 1.16 bits per heavy atom. The van der Waals surface area contributed by atoms with Crippen LogP contribution in [-0.4, -0.2) is 16.3 Å². The Bertz CT molecular complexity index is 2680. The van der Waals surface area contributed by atoms with E-state index in [-0.39, 0.29) is 6.04 Å². The highest BCUT2D eigenvalue weighted by atomic mass is 15.1. The third-order valence-corrected chi connectivity index (χ3v) is 10.4. The lowest BCUT2D eigenvalue weighted by Crippen LogP contribution is -2.36. The van der Waals surface area contributed by atoms with Crippen LogP contribution < -0.4 is 10.2 Å². The van der Waals surface area contributed by atoms with Crippen molar-refractivity contribution in [3.05, 3.63) is 235 Å². The highest BCUT2D eigenvalue weighted by Crippen LogP contribution is 2.40. The third kappa shape index (κ3) is 8.18. The molecular formula is C54H48N4. The highest BCUT2D eigenvalue weighted by molar-refractivity contribution is 6.11. The molecular weight excluding hydrogens is 705 g/mol. The van der Waals surface area contributed by atoms with Crippen LogP contribution in [0.3, 0.4) is 0 Å². The fraction of sp³-hybridized carbons (Fsp3) is 0.0926. The number of hydrogen-bond acceptors (Lipinski definition) is 3. The molecule has 0 saturated heterocycles. The zero-order valence-corrected chi connectivity index (χ0v) is 33.3. The third-order valence-electron chi connectivity index (χ3n) is 10.4. The Kier molecular flexibility index (Phi) is 11.5. The van der Waals surface area contributed by atoms with Gasteiger partial charge in [0.15, 0.2) is 0 Å². The molecule has 1 aliphatic carbocycles. The van der Waals surface area contributed by atoms with Crippen LogP contribution in [0, 0.1) is 6.92 Å². The van der Waals surface area contributed by atoms with Crippen molar-refractivity contribution in [3.8, 4) is 5.69 Å². The summed E-state index contributed by atoms with van der Waals surface area (Å²) in [5.74, 6) is 0. The van der Waals surface area contributed by atoms with Gasteiger partial charge in [-0.1, -0.05) is 153 Å². The normalized spacial score (nSPS) is 13.9. The molecule has 1 aliphatic heterocycles. The second kappa shape index (κ2) is 17.7. The van der Waals surface area contributed by atoms with Crippen LogP contribution in [0.2, 0.25) is 0 Å². The Balaban J connectivity index is 0.000000469. The van der Waals surface area contributed by atoms with E-state index in [9.17, 15) is 0 Å². The first kappa shape index (κ1) is 37.7. The van der Waals surface area contributed by atoms with E-state index >= 15 is 0 Å². The van der Waals surface area contributed by atoms with Crippen molar-refractivity contribution >= 4 is 50.3 Å². The molecule has 4 heteroatoms. The number of hydrogen-bond donors (Lipinski definition) is 1. The molecule has 1 unspecified atom stereocenters. The molecule has 58 heavy (non-hydrogen) atoms. The van der Waals surface area contributed by atoms with Gasteiger partial charge in [-0.25, -0.2) is 0 Å². The number of allylic oxidation sites excluding steroid dienone is 2. The Morgan fingerprint density at radius 1 is 0.569 bits per heavy atom. The minimum Gasteiger partial charge on any atom is -0.372 e. The first-order chi connectivity index (χ1) is 28.7. The van der Waals surface area contributed by atoms with Gasteiger partial charge in [0.1, 0.15) is 0 Å². The summed E-state index contributed by atoms with van der Waals surface area (Å²) in [6.07, 6.45) is 11.1. The minimum absolute atomic E-state index is 0.104. The maximum Gasteiger partial charge on any atom is 0.0873 e. The summed E-state index contributed by atoms with van der Waals surface area (Å²) in [6, 6.07) is 65.0. The zero-order valence-electron chi connectivity index (χ0n) is 33.3. The van der Waals surface area contributed by atoms with E-state index in [2.05, 4.69) is 204 Å². The van der Waals surface area contributed by atoms with Gasteiger partial charge in [-0.05, 0) is 103 Å². The number of nitrogens with zero attached hydrogens (tertiary/aromatic N) is 3. The number of fused-ring (bicyclic) bond motifs is 4. The summed E-state index contributed by atoms with van der Waals surface area (Å²) in [7, 11) is 0. The SMILES string of the molecule is C1=CC2=NC=C(c3ccc(-n4c5ccc(Cc6ccccc6)cc5c5cc(N(c6ccccc6)c6ccccc6)ccc54)cc3)NC2C=C1.CC.Cc1ccccc1. The lowest BCUT2D eigenvalue weighted by atomic mass is 10.0. The van der Waals surface area contributed by atoms with Crippen molar-refractivity contribution in [2.45, 2.75) is 33.2 Å². The van der Waals surface area contributed by atoms with Crippen LogP contribution in [0.15, 0.2) is 217 Å². The van der Waals surface area contributed by atoms with Gasteiger partial charge >= 0.3 is 0 Å². The topological polar surface area (TPSA) is 32.6 Å². The molecule has 0 spiro atoms. The van der Waals surface area contributed by atoms with E-state index in [4.69, 9.17) is 4.99 Å². The molecule has 2 heterocycles. The van der Waals surface area contributed by atoms with E-state index in [0.717, 1.165) is 46.1 Å². The molecule has 0 radical (unpaired) electrons. The number of anilines is 3. The zero-order chi connectivity index (χ0) is 39.7. The molecule has 0 fully saturated rings. The van der Waals surface area contributed by atoms with Crippen molar-refractivity contribution in [2.24, 2.45) is 4.99 Å². The molecule has 8 aromatic rings. The van der Waals surface area contributed by atoms with Crippen molar-refractivity contribution in [1.82, 2.24) is 9.88 Å². The Hall–Kier alpha value is -7.17. The summed E-state index contributed by atoms with van der Waals surface area (Å²) < 4.78 is 2.40. The molecule has 7 aromatic carbocycles. The molecule has 0 amide bonds. The van der Waals surface area contributed by atoms with Crippen molar-refractivity contribution in [3.63, 3.8) is 0 Å². The first-order valence-corrected chi connectivity index (χ1v) is 20.2. The average Bonchev–Trinajstić information content (AvgIpc) is 3.61. The molecule has 0 bridgehead atoms. The van der Waals surface area contributed by atoms with Crippen molar-refractivity contribution in [2.75, 3.05) is 4.90 Å². The predicted octanol–water partition coefficient (Wildman–Crippen LogP) is 13.7. The number of nitrogens with one attached hydrogen (secondary N) is 1. The van der Waals surface area contributed by atoms with E-state index in [1.165, 1.54) is 38.5 Å². The van der Waals surface area contributed by atoms with Gasteiger partial charge < -0.3 is 14.8 Å². The molecule has 284 valence electrons. The van der Waals surface area contributed by atoms with Crippen molar-refractivity contribution < 1.29 is 0 Å². The average molecular weight is 753 g/mol. The lowest BCUT2D eigenvalue weighted by Gasteiger charge is -2.25. The smallest absolute Gasteiger partial charge is 0.0873 e. The number of aromatic nitrogens is 1. The molecule has 0 saturated carbocycles. The molecule has 10 rings (SSSR count). The number of rotatable bonds is 7. The monoisotopic (exact) mass is 752 g/mol. The summed E-state index contributed by atoms with van der Waals surface area (Å²) >= 11 is 0. The van der Waals surface area contributed by atoms with Crippen LogP contribution in [0.5, 0.6) is 0 Å². The van der Waals surface area contributed by atoms with Gasteiger partial charge in [0, 0.05) is 33.5 Å². The van der Waals surface area contributed by atoms with Gasteiger partial charge in [-0.3, -0.25) is 4.99 Å². The summed E-state index contributed by atoms with van der Waals surface area (Å²) in [5, 5.41) is 6.10. The molecule has 1 N–H and O–H groups in total. The van der Waals surface area contributed by atoms with E-state index in [1.807, 2.05) is 44.3 Å². The Morgan fingerprint density at radius 3 is 1.78 bits per heavy atom. The second-order valence-electron chi connectivity index (χ2n) is 14.2. The fourth-order valence-electron chi connectivity index (χ4n) is 7.62. The van der Waals surface area contributed by atoms with E-state index < -0.39 is 0 Å². The summed E-state index contributed by atoms with van der Waals surface area (Å²) in [6.45, 7) is 6.08. The predicted molar refractivity (Wildman–Crippen MR) is 248 cm³/mol. The summed E-state index contributed by atoms with van der Waals surface area (Å²) in [4.78, 5) is 7.05. The first-order valence-electron chi connectivity index (χ1n) is 20.2. The van der Waals surface area contributed by atoms with Crippen molar-refractivity contribution in [1.29, 1.82) is 0 Å². The van der Waals surface area contributed by atoms with Gasteiger partial charge in [-0.2, -0.15) is 0 Å². The van der Waals surface area contributed by atoms with E-state index in [0.29, 0.717) is 0 Å². The standard InChI is InChI=1S/C45H34N4.C7H8.C2H6/c1-4-12-32(13-5-1)28-33-20-26-44-39(29-33)40-30-38(48(35-14-6-2-7-15-35)36-16-8-3-9-17-36)25-27-45(40)49(44)37-23-21-34(22-24-37)43-31-46-41-18-10-11-19-42(41)47-43;1-7-5-3-2-4-6-7;1-2/h1-27,29-31,42,47H,28H2;2-6H,1H3;1-2H3. The number of benzene rings is 7. The number of para-hydroxylation sites is 2. The summed E-state index contributed by atoms with van der Waals surface area (Å²) in [5.41, 5.74) is 14.0. The largest absolute Gasteiger partial charge is 0.372 e. The van der Waals surface area contributed by atoms with Crippen LogP contribution in [0.4, 0.5) is 17.1 Å². The van der Waals surface area contributed by atoms with E-state index in [1.54, 1.807) is 0 Å². The van der Waals surface area contributed by atoms with Crippen LogP contribution >= 0.6 is 0 Å². The highest BCUT2D eigenvalue weighted by Gasteiger charge is 2.20. The maximum atomic E-state index is 4.71. The Labute approximate surface area is 342 Å². The lowest BCUT2D eigenvalue weighted by molar-refractivity contribution is 0.878. The fourth-order valence-corrected chi connectivity index (χ4v) is 7.62. The molecule has 4 nitrogen and oxygen atoms in total. The van der Waals surface area contributed by atoms with Gasteiger partial charge in [0.25, 0.3) is 0 Å². The number of aliphatic imine (C=N–C) groups is 1. The molecule has 2 aliphatic rings. The van der Waals surface area contributed by atoms with Gasteiger partial charge in [0.2, 0.25) is 0 Å². The molecule has 1 aromatic heterocycles. The quantitative estimate of drug-likeness (QED) is 0.176. The number of aryl methyl sites for hydroxylation is 1. The van der Waals surface area contributed by atoms with Gasteiger partial charge in [-0.15, -0.1) is 0 Å². The maximum absolute atomic E-state index is 4.71. The second-order valence-corrected chi connectivity index (χ2v) is 14.2. The molecule has 1 atom stereocenters. The van der Waals surface area contributed by atoms with Crippen LogP contribution in [-0.2, 0) is 6.42 Å². The van der Waals surface area contributed by atoms with Gasteiger partial charge in [0.05, 0.1) is 34.7 Å².